The van der Waals surface area contributed by atoms with Crippen molar-refractivity contribution < 1.29 is 14.3 Å². The Labute approximate surface area is 103 Å². The van der Waals surface area contributed by atoms with E-state index < -0.39 is 0 Å². The first kappa shape index (κ1) is 13.7. The van der Waals surface area contributed by atoms with Crippen molar-refractivity contribution in [1.82, 2.24) is 0 Å². The van der Waals surface area contributed by atoms with Crippen LogP contribution < -0.4 is 0 Å². The molecule has 0 aliphatic carbocycles. The molecule has 0 amide bonds. The van der Waals surface area contributed by atoms with E-state index in [4.69, 9.17) is 4.74 Å². The van der Waals surface area contributed by atoms with Gasteiger partial charge in [0.2, 0.25) is 0 Å². The van der Waals surface area contributed by atoms with Gasteiger partial charge in [-0.2, -0.15) is 0 Å². The minimum atomic E-state index is -0.153. The van der Waals surface area contributed by atoms with Crippen molar-refractivity contribution in [2.24, 2.45) is 5.92 Å². The average Bonchev–Trinajstić information content (AvgIpc) is 2.37. The van der Waals surface area contributed by atoms with Crippen molar-refractivity contribution in [3.63, 3.8) is 0 Å². The molecule has 1 rings (SSSR count). The lowest BCUT2D eigenvalue weighted by Crippen LogP contribution is -2.09. The summed E-state index contributed by atoms with van der Waals surface area (Å²) in [6, 6.07) is 10.1. The average molecular weight is 236 g/mol. The van der Waals surface area contributed by atoms with Crippen molar-refractivity contribution in [3.05, 3.63) is 35.9 Å². The largest absolute Gasteiger partial charge is 0.469 e. The van der Waals surface area contributed by atoms with Crippen molar-refractivity contribution in [1.29, 1.82) is 0 Å². The second-order valence-electron chi connectivity index (χ2n) is 4.22. The number of hydrogen-bond acceptors (Lipinski definition) is 3. The quantitative estimate of drug-likeness (QED) is 0.683. The molecular formula is C14H20O3. The maximum atomic E-state index is 10.9. The fraction of sp³-hybridized carbons (Fsp3) is 0.500. The summed E-state index contributed by atoms with van der Waals surface area (Å²) in [7, 11) is 1.42. The first-order chi connectivity index (χ1) is 8.22. The molecular weight excluding hydrogens is 216 g/mol. The third kappa shape index (κ3) is 6.07. The zero-order chi connectivity index (χ0) is 12.5. The van der Waals surface area contributed by atoms with Crippen LogP contribution in [0.4, 0.5) is 0 Å². The van der Waals surface area contributed by atoms with Gasteiger partial charge in [-0.15, -0.1) is 0 Å². The van der Waals surface area contributed by atoms with Crippen LogP contribution in [0.2, 0.25) is 0 Å². The van der Waals surface area contributed by atoms with Crippen molar-refractivity contribution in [2.75, 3.05) is 13.7 Å². The number of hydrogen-bond donors (Lipinski definition) is 0. The topological polar surface area (TPSA) is 35.5 Å². The molecule has 0 aliphatic heterocycles. The summed E-state index contributed by atoms with van der Waals surface area (Å²) < 4.78 is 10.2. The molecule has 1 aromatic rings. The van der Waals surface area contributed by atoms with Crippen LogP contribution in [0.15, 0.2) is 30.3 Å². The van der Waals surface area contributed by atoms with Gasteiger partial charge in [-0.1, -0.05) is 37.3 Å². The van der Waals surface area contributed by atoms with Crippen molar-refractivity contribution in [3.8, 4) is 0 Å². The van der Waals surface area contributed by atoms with E-state index in [1.54, 1.807) is 0 Å². The Hall–Kier alpha value is -1.35. The molecule has 1 atom stereocenters. The standard InChI is InChI=1S/C14H20O3/c1-12(8-9-14(15)16-2)10-17-11-13-6-4-3-5-7-13/h3-7,12H,8-11H2,1-2H3. The molecule has 0 saturated carbocycles. The Balaban J connectivity index is 2.12. The van der Waals surface area contributed by atoms with E-state index in [0.29, 0.717) is 25.6 Å². The van der Waals surface area contributed by atoms with Gasteiger partial charge in [-0.05, 0) is 17.9 Å². The number of ether oxygens (including phenoxy) is 2. The van der Waals surface area contributed by atoms with Crippen LogP contribution in [-0.4, -0.2) is 19.7 Å². The number of carbonyl (C=O) groups is 1. The predicted octanol–water partition coefficient (Wildman–Crippen LogP) is 2.79. The normalized spacial score (nSPS) is 12.1. The zero-order valence-electron chi connectivity index (χ0n) is 10.5. The first-order valence-electron chi connectivity index (χ1n) is 5.91. The van der Waals surface area contributed by atoms with Gasteiger partial charge < -0.3 is 9.47 Å². The number of carbonyl (C=O) groups excluding carboxylic acids is 1. The fourth-order valence-corrected chi connectivity index (χ4v) is 1.50. The summed E-state index contributed by atoms with van der Waals surface area (Å²) in [6.45, 7) is 3.38. The first-order valence-corrected chi connectivity index (χ1v) is 5.91. The van der Waals surface area contributed by atoms with Crippen LogP contribution in [0, 0.1) is 5.92 Å². The van der Waals surface area contributed by atoms with Gasteiger partial charge in [0, 0.05) is 13.0 Å². The van der Waals surface area contributed by atoms with E-state index in [9.17, 15) is 4.79 Å². The minimum absolute atomic E-state index is 0.153. The fourth-order valence-electron chi connectivity index (χ4n) is 1.50. The third-order valence-corrected chi connectivity index (χ3v) is 2.58. The highest BCUT2D eigenvalue weighted by atomic mass is 16.5. The molecule has 3 nitrogen and oxygen atoms in total. The molecule has 0 aliphatic rings. The van der Waals surface area contributed by atoms with E-state index in [0.717, 1.165) is 6.42 Å². The highest BCUT2D eigenvalue weighted by Gasteiger charge is 2.06. The smallest absolute Gasteiger partial charge is 0.305 e. The lowest BCUT2D eigenvalue weighted by Gasteiger charge is -2.11. The maximum Gasteiger partial charge on any atom is 0.305 e. The van der Waals surface area contributed by atoms with Crippen LogP contribution in [0.5, 0.6) is 0 Å². The predicted molar refractivity (Wildman–Crippen MR) is 66.5 cm³/mol. The molecule has 0 saturated heterocycles. The van der Waals surface area contributed by atoms with Gasteiger partial charge in [0.05, 0.1) is 13.7 Å². The van der Waals surface area contributed by atoms with Crippen molar-refractivity contribution in [2.45, 2.75) is 26.4 Å². The lowest BCUT2D eigenvalue weighted by atomic mass is 10.1. The Morgan fingerprint density at radius 3 is 2.65 bits per heavy atom. The summed E-state index contributed by atoms with van der Waals surface area (Å²) in [5.74, 6) is 0.220. The van der Waals surface area contributed by atoms with Crippen LogP contribution in [-0.2, 0) is 20.9 Å². The zero-order valence-corrected chi connectivity index (χ0v) is 10.5. The molecule has 0 bridgehead atoms. The number of benzene rings is 1. The van der Waals surface area contributed by atoms with Crippen LogP contribution in [0.3, 0.4) is 0 Å². The molecule has 1 aromatic carbocycles. The highest BCUT2D eigenvalue weighted by molar-refractivity contribution is 5.69. The summed E-state index contributed by atoms with van der Waals surface area (Å²) in [4.78, 5) is 10.9. The van der Waals surface area contributed by atoms with Gasteiger partial charge >= 0.3 is 5.97 Å². The Kier molecular flexibility index (Phi) is 6.33. The van der Waals surface area contributed by atoms with Gasteiger partial charge in [0.25, 0.3) is 0 Å². The summed E-state index contributed by atoms with van der Waals surface area (Å²) in [5, 5.41) is 0. The van der Waals surface area contributed by atoms with Crippen molar-refractivity contribution >= 4 is 5.97 Å². The number of rotatable bonds is 7. The number of methoxy groups -OCH3 is 1. The van der Waals surface area contributed by atoms with Gasteiger partial charge in [-0.3, -0.25) is 4.79 Å². The van der Waals surface area contributed by atoms with E-state index in [2.05, 4.69) is 11.7 Å². The Bertz CT molecular complexity index is 321. The molecule has 0 fully saturated rings. The van der Waals surface area contributed by atoms with Gasteiger partial charge in [-0.25, -0.2) is 0 Å². The van der Waals surface area contributed by atoms with E-state index in [1.807, 2.05) is 30.3 Å². The molecule has 0 spiro atoms. The molecule has 1 unspecified atom stereocenters. The van der Waals surface area contributed by atoms with Gasteiger partial charge in [0.15, 0.2) is 0 Å². The molecule has 0 aromatic heterocycles. The van der Waals surface area contributed by atoms with E-state index in [-0.39, 0.29) is 5.97 Å². The maximum absolute atomic E-state index is 10.9. The second-order valence-corrected chi connectivity index (χ2v) is 4.22. The van der Waals surface area contributed by atoms with E-state index in [1.165, 1.54) is 12.7 Å². The molecule has 0 radical (unpaired) electrons. The molecule has 0 N–H and O–H groups in total. The molecule has 17 heavy (non-hydrogen) atoms. The summed E-state index contributed by atoms with van der Waals surface area (Å²) in [5.41, 5.74) is 1.17. The van der Waals surface area contributed by atoms with E-state index >= 15 is 0 Å². The molecule has 94 valence electrons. The summed E-state index contributed by atoms with van der Waals surface area (Å²) in [6.07, 6.45) is 1.27. The monoisotopic (exact) mass is 236 g/mol. The number of esters is 1. The SMILES string of the molecule is COC(=O)CCC(C)COCc1ccccc1. The Morgan fingerprint density at radius 1 is 1.29 bits per heavy atom. The second kappa shape index (κ2) is 7.85. The summed E-state index contributed by atoms with van der Waals surface area (Å²) >= 11 is 0. The van der Waals surface area contributed by atoms with Crippen LogP contribution >= 0.6 is 0 Å². The van der Waals surface area contributed by atoms with Gasteiger partial charge in [0.1, 0.15) is 0 Å². The highest BCUT2D eigenvalue weighted by Crippen LogP contribution is 2.08. The van der Waals surface area contributed by atoms with Crippen LogP contribution in [0.25, 0.3) is 0 Å². The minimum Gasteiger partial charge on any atom is -0.469 e. The Morgan fingerprint density at radius 2 is 2.00 bits per heavy atom. The lowest BCUT2D eigenvalue weighted by molar-refractivity contribution is -0.141. The third-order valence-electron chi connectivity index (χ3n) is 2.58. The van der Waals surface area contributed by atoms with Crippen LogP contribution in [0.1, 0.15) is 25.3 Å². The molecule has 3 heteroatoms. The molecule has 0 heterocycles.